The van der Waals surface area contributed by atoms with Crippen molar-refractivity contribution in [1.29, 1.82) is 0 Å². The van der Waals surface area contributed by atoms with Crippen LogP contribution in [0.4, 0.5) is 0 Å². The van der Waals surface area contributed by atoms with Gasteiger partial charge in [0.05, 0.1) is 0 Å². The molecule has 0 fully saturated rings. The van der Waals surface area contributed by atoms with Gasteiger partial charge in [0.2, 0.25) is 0 Å². The van der Waals surface area contributed by atoms with Crippen molar-refractivity contribution in [3.8, 4) is 0 Å². The van der Waals surface area contributed by atoms with Crippen LogP contribution in [0, 0.1) is 0 Å². The first-order valence-corrected chi connectivity index (χ1v) is 10.4. The predicted octanol–water partition coefficient (Wildman–Crippen LogP) is 6.44. The Morgan fingerprint density at radius 3 is 2.00 bits per heavy atom. The molecule has 1 heterocycles. The number of hydrogen-bond donors (Lipinski definition) is 0. The van der Waals surface area contributed by atoms with E-state index in [9.17, 15) is 0 Å². The van der Waals surface area contributed by atoms with Crippen LogP contribution in [0.15, 0.2) is 48.8 Å². The molecule has 2 aromatic rings. The van der Waals surface area contributed by atoms with E-state index in [0.29, 0.717) is 6.04 Å². The maximum absolute atomic E-state index is 2.44. The molecule has 0 radical (unpaired) electrons. The number of aryl methyl sites for hydroxylation is 2. The molecule has 1 heteroatoms. The van der Waals surface area contributed by atoms with E-state index < -0.39 is 0 Å². The molecule has 0 saturated carbocycles. The molecular weight excluding hydrogens is 302 g/mol. The highest BCUT2D eigenvalue weighted by Gasteiger charge is 2.20. The van der Waals surface area contributed by atoms with Crippen molar-refractivity contribution in [2.24, 2.45) is 0 Å². The average Bonchev–Trinajstić information content (AvgIpc) is 2.65. The van der Waals surface area contributed by atoms with Crippen molar-refractivity contribution in [3.63, 3.8) is 0 Å². The van der Waals surface area contributed by atoms with Crippen LogP contribution in [0.3, 0.4) is 0 Å². The lowest BCUT2D eigenvalue weighted by molar-refractivity contribution is -0.714. The fraction of sp³-hybridized carbons (Fsp3) is 0.542. The number of aromatic nitrogens is 1. The van der Waals surface area contributed by atoms with Gasteiger partial charge in [-0.25, -0.2) is 0 Å². The van der Waals surface area contributed by atoms with Gasteiger partial charge in [-0.2, -0.15) is 4.57 Å². The van der Waals surface area contributed by atoms with Crippen LogP contribution in [0.25, 0.3) is 0 Å². The Morgan fingerprint density at radius 1 is 0.760 bits per heavy atom. The molecule has 136 valence electrons. The summed E-state index contributed by atoms with van der Waals surface area (Å²) in [5.41, 5.74) is 4.55. The molecule has 25 heavy (non-hydrogen) atoms. The van der Waals surface area contributed by atoms with Crippen LogP contribution >= 0.6 is 0 Å². The molecule has 0 spiro atoms. The molecule has 2 rings (SSSR count). The highest BCUT2D eigenvalue weighted by Crippen LogP contribution is 2.19. The number of pyridine rings is 1. The van der Waals surface area contributed by atoms with Crippen LogP contribution in [0.1, 0.15) is 88.4 Å². The lowest BCUT2D eigenvalue weighted by atomic mass is 9.98. The van der Waals surface area contributed by atoms with E-state index in [1.54, 1.807) is 11.1 Å². The minimum Gasteiger partial charge on any atom is -0.198 e. The SMILES string of the molecule is CCCCCc1cc[n+](C(CC)c2ccccc2)cc1CCCCC. The van der Waals surface area contributed by atoms with E-state index >= 15 is 0 Å². The Kier molecular flexibility index (Phi) is 8.72. The van der Waals surface area contributed by atoms with Gasteiger partial charge in [0.25, 0.3) is 0 Å². The third-order valence-corrected chi connectivity index (χ3v) is 5.20. The van der Waals surface area contributed by atoms with Crippen molar-refractivity contribution < 1.29 is 4.57 Å². The standard InChI is InChI=1S/C24H36N/c1-4-7-10-14-21-18-19-25(20-23(21)17-11-8-5-2)24(6-3)22-15-12-9-13-16-22/h9,12-13,15-16,18-20,24H,4-8,10-11,14,17H2,1-3H3/q+1. The van der Waals surface area contributed by atoms with Gasteiger partial charge in [-0.1, -0.05) is 76.8 Å². The van der Waals surface area contributed by atoms with Crippen molar-refractivity contribution >= 4 is 0 Å². The van der Waals surface area contributed by atoms with E-state index in [4.69, 9.17) is 0 Å². The molecule has 0 bridgehead atoms. The molecule has 0 saturated heterocycles. The smallest absolute Gasteiger partial charge is 0.183 e. The molecule has 1 aromatic heterocycles. The third kappa shape index (κ3) is 5.99. The summed E-state index contributed by atoms with van der Waals surface area (Å²) >= 11 is 0. The second-order valence-electron chi connectivity index (χ2n) is 7.19. The maximum atomic E-state index is 2.44. The normalized spacial score (nSPS) is 12.3. The van der Waals surface area contributed by atoms with Gasteiger partial charge in [0.1, 0.15) is 0 Å². The fourth-order valence-electron chi connectivity index (χ4n) is 3.68. The van der Waals surface area contributed by atoms with Gasteiger partial charge < -0.3 is 0 Å². The van der Waals surface area contributed by atoms with Gasteiger partial charge in [0.15, 0.2) is 18.4 Å². The molecule has 1 atom stereocenters. The summed E-state index contributed by atoms with van der Waals surface area (Å²) in [5, 5.41) is 0. The Bertz CT molecular complexity index is 603. The van der Waals surface area contributed by atoms with Gasteiger partial charge in [-0.3, -0.25) is 0 Å². The topological polar surface area (TPSA) is 3.88 Å². The number of rotatable bonds is 11. The largest absolute Gasteiger partial charge is 0.198 e. The van der Waals surface area contributed by atoms with Crippen molar-refractivity contribution in [3.05, 3.63) is 65.5 Å². The molecule has 1 unspecified atom stereocenters. The molecule has 1 aromatic carbocycles. The molecule has 1 nitrogen and oxygen atoms in total. The summed E-state index contributed by atoms with van der Waals surface area (Å²) in [6, 6.07) is 13.8. The average molecular weight is 339 g/mol. The lowest BCUT2D eigenvalue weighted by Crippen LogP contribution is -2.40. The summed E-state index contributed by atoms with van der Waals surface area (Å²) in [6.07, 6.45) is 16.2. The van der Waals surface area contributed by atoms with Crippen molar-refractivity contribution in [2.75, 3.05) is 0 Å². The van der Waals surface area contributed by atoms with Crippen LogP contribution in [-0.4, -0.2) is 0 Å². The van der Waals surface area contributed by atoms with Crippen LogP contribution in [0.5, 0.6) is 0 Å². The second kappa shape index (κ2) is 11.1. The Balaban J connectivity index is 2.24. The van der Waals surface area contributed by atoms with Crippen molar-refractivity contribution in [2.45, 2.75) is 84.6 Å². The zero-order valence-electron chi connectivity index (χ0n) is 16.5. The van der Waals surface area contributed by atoms with Crippen LogP contribution < -0.4 is 4.57 Å². The first-order valence-electron chi connectivity index (χ1n) is 10.4. The number of benzene rings is 1. The summed E-state index contributed by atoms with van der Waals surface area (Å²) in [4.78, 5) is 0. The number of unbranched alkanes of at least 4 members (excludes halogenated alkanes) is 4. The Morgan fingerprint density at radius 2 is 1.40 bits per heavy atom. The molecule has 0 aliphatic carbocycles. The maximum Gasteiger partial charge on any atom is 0.183 e. The van der Waals surface area contributed by atoms with Gasteiger partial charge in [-0.15, -0.1) is 0 Å². The van der Waals surface area contributed by atoms with E-state index in [1.165, 1.54) is 56.9 Å². The van der Waals surface area contributed by atoms with Gasteiger partial charge in [0, 0.05) is 23.6 Å². The number of nitrogens with zero attached hydrogens (tertiary/aromatic N) is 1. The van der Waals surface area contributed by atoms with E-state index in [0.717, 1.165) is 6.42 Å². The van der Waals surface area contributed by atoms with Gasteiger partial charge >= 0.3 is 0 Å². The van der Waals surface area contributed by atoms with E-state index in [1.807, 2.05) is 0 Å². The fourth-order valence-corrected chi connectivity index (χ4v) is 3.68. The monoisotopic (exact) mass is 338 g/mol. The molecule has 0 aliphatic heterocycles. The zero-order valence-corrected chi connectivity index (χ0v) is 16.5. The van der Waals surface area contributed by atoms with Crippen molar-refractivity contribution in [1.82, 2.24) is 0 Å². The quantitative estimate of drug-likeness (QED) is 0.328. The highest BCUT2D eigenvalue weighted by molar-refractivity contribution is 5.22. The predicted molar refractivity (Wildman–Crippen MR) is 108 cm³/mol. The molecule has 0 N–H and O–H groups in total. The molecular formula is C24H36N+. The summed E-state index contributed by atoms with van der Waals surface area (Å²) in [7, 11) is 0. The Labute approximate surface area is 155 Å². The molecule has 0 aliphatic rings. The molecule has 0 amide bonds. The van der Waals surface area contributed by atoms with E-state index in [2.05, 4.69) is 74.1 Å². The van der Waals surface area contributed by atoms with Crippen LogP contribution in [0.2, 0.25) is 0 Å². The summed E-state index contributed by atoms with van der Waals surface area (Å²) in [6.45, 7) is 6.86. The minimum absolute atomic E-state index is 0.441. The first-order chi connectivity index (χ1) is 12.3. The lowest BCUT2D eigenvalue weighted by Gasteiger charge is -2.14. The first kappa shape index (κ1) is 19.7. The summed E-state index contributed by atoms with van der Waals surface area (Å²) < 4.78 is 2.44. The summed E-state index contributed by atoms with van der Waals surface area (Å²) in [5.74, 6) is 0. The number of hydrogen-bond acceptors (Lipinski definition) is 0. The van der Waals surface area contributed by atoms with Crippen LogP contribution in [-0.2, 0) is 12.8 Å². The minimum atomic E-state index is 0.441. The van der Waals surface area contributed by atoms with Gasteiger partial charge in [-0.05, 0) is 31.2 Å². The second-order valence-corrected chi connectivity index (χ2v) is 7.19. The Hall–Kier alpha value is -1.63. The van der Waals surface area contributed by atoms with E-state index in [-0.39, 0.29) is 0 Å². The zero-order chi connectivity index (χ0) is 17.9. The third-order valence-electron chi connectivity index (χ3n) is 5.20. The highest BCUT2D eigenvalue weighted by atomic mass is 15.0.